The summed E-state index contributed by atoms with van der Waals surface area (Å²) in [5.41, 5.74) is -0.211. The number of hydrogen-bond acceptors (Lipinski definition) is 5. The Labute approximate surface area is 115 Å². The number of hydrogen-bond donors (Lipinski definition) is 0. The standard InChI is InChI=1S/C14H13N3O3/c1-3-17-13(18)11-7-5-4-6-10(11)12(16-17)14(19)20-9(2)8-15/h4-7,9H,3H2,1-2H3/t9-/m1/s1. The molecule has 0 aliphatic carbocycles. The van der Waals surface area contributed by atoms with Crippen molar-refractivity contribution in [3.8, 4) is 6.07 Å². The molecule has 0 aliphatic heterocycles. The summed E-state index contributed by atoms with van der Waals surface area (Å²) in [6.07, 6.45) is -0.870. The Hall–Kier alpha value is -2.68. The molecular weight excluding hydrogens is 258 g/mol. The number of carbonyl (C=O) groups is 1. The fourth-order valence-electron chi connectivity index (χ4n) is 1.84. The lowest BCUT2D eigenvalue weighted by Gasteiger charge is -2.10. The number of esters is 1. The van der Waals surface area contributed by atoms with Gasteiger partial charge in [0, 0.05) is 11.9 Å². The maximum Gasteiger partial charge on any atom is 0.360 e. The molecule has 0 saturated heterocycles. The zero-order chi connectivity index (χ0) is 14.7. The molecule has 2 rings (SSSR count). The Bertz CT molecular complexity index is 758. The molecule has 1 atom stereocenters. The van der Waals surface area contributed by atoms with Gasteiger partial charge in [0.1, 0.15) is 6.07 Å². The Morgan fingerprint density at radius 3 is 2.70 bits per heavy atom. The molecule has 0 spiro atoms. The topological polar surface area (TPSA) is 85.0 Å². The number of nitriles is 1. The maximum atomic E-state index is 12.1. The number of benzene rings is 1. The highest BCUT2D eigenvalue weighted by Crippen LogP contribution is 2.14. The van der Waals surface area contributed by atoms with E-state index < -0.39 is 12.1 Å². The molecule has 0 aliphatic rings. The lowest BCUT2D eigenvalue weighted by atomic mass is 10.1. The van der Waals surface area contributed by atoms with Gasteiger partial charge in [-0.3, -0.25) is 4.79 Å². The first-order valence-electron chi connectivity index (χ1n) is 6.19. The fraction of sp³-hybridized carbons (Fsp3) is 0.286. The largest absolute Gasteiger partial charge is 0.442 e. The minimum absolute atomic E-state index is 0.0455. The van der Waals surface area contributed by atoms with Crippen molar-refractivity contribution in [2.24, 2.45) is 0 Å². The van der Waals surface area contributed by atoms with Crippen molar-refractivity contribution in [1.29, 1.82) is 5.26 Å². The van der Waals surface area contributed by atoms with E-state index in [4.69, 9.17) is 10.00 Å². The summed E-state index contributed by atoms with van der Waals surface area (Å²) in [7, 11) is 0. The first-order chi connectivity index (χ1) is 9.58. The summed E-state index contributed by atoms with van der Waals surface area (Å²) in [6.45, 7) is 3.57. The summed E-state index contributed by atoms with van der Waals surface area (Å²) in [5.74, 6) is -0.711. The SMILES string of the molecule is CCn1nc(C(=O)O[C@H](C)C#N)c2ccccc2c1=O. The van der Waals surface area contributed by atoms with Gasteiger partial charge in [-0.25, -0.2) is 9.48 Å². The van der Waals surface area contributed by atoms with E-state index in [1.54, 1.807) is 31.2 Å². The second-order valence-electron chi connectivity index (χ2n) is 4.19. The van der Waals surface area contributed by atoms with Crippen LogP contribution in [0, 0.1) is 11.3 Å². The summed E-state index contributed by atoms with van der Waals surface area (Å²) in [6, 6.07) is 8.52. The van der Waals surface area contributed by atoms with Crippen LogP contribution >= 0.6 is 0 Å². The molecule has 6 heteroatoms. The van der Waals surface area contributed by atoms with Gasteiger partial charge in [-0.05, 0) is 19.9 Å². The highest BCUT2D eigenvalue weighted by atomic mass is 16.5. The van der Waals surface area contributed by atoms with Gasteiger partial charge in [-0.2, -0.15) is 10.4 Å². The molecule has 0 fully saturated rings. The maximum absolute atomic E-state index is 12.1. The summed E-state index contributed by atoms with van der Waals surface area (Å²) in [4.78, 5) is 24.2. The van der Waals surface area contributed by atoms with Crippen molar-refractivity contribution < 1.29 is 9.53 Å². The van der Waals surface area contributed by atoms with Crippen molar-refractivity contribution >= 4 is 16.7 Å². The van der Waals surface area contributed by atoms with E-state index in [9.17, 15) is 9.59 Å². The average molecular weight is 271 g/mol. The van der Waals surface area contributed by atoms with Crippen molar-refractivity contribution in [1.82, 2.24) is 9.78 Å². The Morgan fingerprint density at radius 1 is 1.45 bits per heavy atom. The quantitative estimate of drug-likeness (QED) is 0.789. The normalized spacial score (nSPS) is 11.8. The summed E-state index contributed by atoms with van der Waals surface area (Å²) >= 11 is 0. The molecule has 20 heavy (non-hydrogen) atoms. The molecule has 0 amide bonds. The van der Waals surface area contributed by atoms with Gasteiger partial charge in [-0.1, -0.05) is 18.2 Å². The summed E-state index contributed by atoms with van der Waals surface area (Å²) < 4.78 is 6.16. The Balaban J connectivity index is 2.64. The van der Waals surface area contributed by atoms with Crippen LogP contribution in [0.25, 0.3) is 10.8 Å². The fourth-order valence-corrected chi connectivity index (χ4v) is 1.84. The van der Waals surface area contributed by atoms with Gasteiger partial charge >= 0.3 is 5.97 Å². The molecule has 1 heterocycles. The van der Waals surface area contributed by atoms with E-state index in [2.05, 4.69) is 5.10 Å². The van der Waals surface area contributed by atoms with Crippen molar-refractivity contribution in [3.63, 3.8) is 0 Å². The smallest absolute Gasteiger partial charge is 0.360 e. The van der Waals surface area contributed by atoms with Crippen LogP contribution in [0.2, 0.25) is 0 Å². The second kappa shape index (κ2) is 5.53. The van der Waals surface area contributed by atoms with E-state index in [-0.39, 0.29) is 11.3 Å². The van der Waals surface area contributed by atoms with Crippen molar-refractivity contribution in [3.05, 3.63) is 40.3 Å². The van der Waals surface area contributed by atoms with E-state index in [1.165, 1.54) is 11.6 Å². The Morgan fingerprint density at radius 2 is 2.10 bits per heavy atom. The van der Waals surface area contributed by atoms with Crippen molar-refractivity contribution in [2.75, 3.05) is 0 Å². The third kappa shape index (κ3) is 2.38. The first-order valence-corrected chi connectivity index (χ1v) is 6.19. The van der Waals surface area contributed by atoms with E-state index >= 15 is 0 Å². The van der Waals surface area contributed by atoms with Gasteiger partial charge < -0.3 is 4.74 Å². The molecule has 0 saturated carbocycles. The van der Waals surface area contributed by atoms with Crippen LogP contribution in [0.4, 0.5) is 0 Å². The molecule has 1 aromatic carbocycles. The third-order valence-corrected chi connectivity index (χ3v) is 2.83. The molecule has 1 aromatic heterocycles. The van der Waals surface area contributed by atoms with Crippen LogP contribution < -0.4 is 5.56 Å². The third-order valence-electron chi connectivity index (χ3n) is 2.83. The first kappa shape index (κ1) is 13.7. The molecular formula is C14H13N3O3. The van der Waals surface area contributed by atoms with Gasteiger partial charge in [0.05, 0.1) is 5.39 Å². The molecule has 0 unspecified atom stereocenters. The number of carbonyl (C=O) groups excluding carboxylic acids is 1. The number of fused-ring (bicyclic) bond motifs is 1. The second-order valence-corrected chi connectivity index (χ2v) is 4.19. The van der Waals surface area contributed by atoms with Crippen LogP contribution in [-0.2, 0) is 11.3 Å². The Kier molecular flexibility index (Phi) is 3.80. The zero-order valence-electron chi connectivity index (χ0n) is 11.2. The number of rotatable bonds is 3. The van der Waals surface area contributed by atoms with Crippen LogP contribution in [0.5, 0.6) is 0 Å². The van der Waals surface area contributed by atoms with Crippen LogP contribution in [0.15, 0.2) is 29.1 Å². The highest BCUT2D eigenvalue weighted by molar-refractivity contribution is 6.02. The monoisotopic (exact) mass is 271 g/mol. The van der Waals surface area contributed by atoms with E-state index in [1.807, 2.05) is 6.07 Å². The molecule has 2 aromatic rings. The van der Waals surface area contributed by atoms with Gasteiger partial charge in [-0.15, -0.1) is 0 Å². The van der Waals surface area contributed by atoms with E-state index in [0.717, 1.165) is 0 Å². The molecule has 6 nitrogen and oxygen atoms in total. The number of aromatic nitrogens is 2. The number of ether oxygens (including phenoxy) is 1. The van der Waals surface area contributed by atoms with E-state index in [0.29, 0.717) is 17.3 Å². The molecule has 0 N–H and O–H groups in total. The predicted octanol–water partition coefficient (Wildman–Crippen LogP) is 1.49. The highest BCUT2D eigenvalue weighted by Gasteiger charge is 2.19. The van der Waals surface area contributed by atoms with Gasteiger partial charge in [0.2, 0.25) is 0 Å². The predicted molar refractivity (Wildman–Crippen MR) is 72.2 cm³/mol. The summed E-state index contributed by atoms with van der Waals surface area (Å²) in [5, 5.41) is 13.5. The van der Waals surface area contributed by atoms with Crippen LogP contribution in [0.3, 0.4) is 0 Å². The lowest BCUT2D eigenvalue weighted by Crippen LogP contribution is -2.26. The van der Waals surface area contributed by atoms with Crippen molar-refractivity contribution in [2.45, 2.75) is 26.5 Å². The van der Waals surface area contributed by atoms with Crippen LogP contribution in [0.1, 0.15) is 24.3 Å². The van der Waals surface area contributed by atoms with Gasteiger partial charge in [0.15, 0.2) is 11.8 Å². The van der Waals surface area contributed by atoms with Gasteiger partial charge in [0.25, 0.3) is 5.56 Å². The molecule has 102 valence electrons. The van der Waals surface area contributed by atoms with Crippen LogP contribution in [-0.4, -0.2) is 21.9 Å². The lowest BCUT2D eigenvalue weighted by molar-refractivity contribution is 0.0428. The number of nitrogens with zero attached hydrogens (tertiary/aromatic N) is 3. The molecule has 0 radical (unpaired) electrons. The minimum atomic E-state index is -0.870. The zero-order valence-corrected chi connectivity index (χ0v) is 11.2. The number of aryl methyl sites for hydroxylation is 1. The average Bonchev–Trinajstić information content (AvgIpc) is 2.47. The minimum Gasteiger partial charge on any atom is -0.442 e. The molecule has 0 bridgehead atoms.